The third kappa shape index (κ3) is 4.41. The number of carbonyl (C=O) groups is 1. The number of nitrogens with one attached hydrogen (secondary N) is 1. The van der Waals surface area contributed by atoms with Crippen molar-refractivity contribution in [2.24, 2.45) is 0 Å². The van der Waals surface area contributed by atoms with Gasteiger partial charge in [-0.15, -0.1) is 0 Å². The first kappa shape index (κ1) is 17.5. The van der Waals surface area contributed by atoms with Crippen LogP contribution in [-0.4, -0.2) is 19.0 Å². The second-order valence-electron chi connectivity index (χ2n) is 6.88. The summed E-state index contributed by atoms with van der Waals surface area (Å²) in [6.07, 6.45) is 4.88. The maximum Gasteiger partial charge on any atom is 0.251 e. The molecule has 132 valence electrons. The second-order valence-corrected chi connectivity index (χ2v) is 6.88. The van der Waals surface area contributed by atoms with E-state index in [1.165, 1.54) is 30.5 Å². The van der Waals surface area contributed by atoms with E-state index in [0.717, 1.165) is 30.6 Å². The van der Waals surface area contributed by atoms with Crippen molar-refractivity contribution in [3.05, 3.63) is 65.2 Å². The van der Waals surface area contributed by atoms with Crippen molar-refractivity contribution in [2.45, 2.75) is 45.6 Å². The average molecular weight is 336 g/mol. The highest BCUT2D eigenvalue weighted by atomic mass is 16.1. The van der Waals surface area contributed by atoms with Gasteiger partial charge in [-0.05, 0) is 68.0 Å². The van der Waals surface area contributed by atoms with Crippen LogP contribution in [0.1, 0.15) is 60.6 Å². The highest BCUT2D eigenvalue weighted by molar-refractivity contribution is 5.94. The zero-order valence-corrected chi connectivity index (χ0v) is 15.3. The molecular weight excluding hydrogens is 308 g/mol. The molecule has 1 amide bonds. The van der Waals surface area contributed by atoms with Crippen LogP contribution < -0.4 is 10.2 Å². The summed E-state index contributed by atoms with van der Waals surface area (Å²) < 4.78 is 0. The molecule has 0 aromatic heterocycles. The Kier molecular flexibility index (Phi) is 5.75. The Morgan fingerprint density at radius 2 is 1.64 bits per heavy atom. The molecule has 0 unspecified atom stereocenters. The van der Waals surface area contributed by atoms with Crippen LogP contribution >= 0.6 is 0 Å². The third-order valence-corrected chi connectivity index (χ3v) is 5.09. The van der Waals surface area contributed by atoms with E-state index in [0.29, 0.717) is 0 Å². The number of piperidine rings is 1. The van der Waals surface area contributed by atoms with E-state index in [9.17, 15) is 4.79 Å². The molecule has 0 bridgehead atoms. The summed E-state index contributed by atoms with van der Waals surface area (Å²) in [5.74, 6) is -0.0164. The van der Waals surface area contributed by atoms with E-state index < -0.39 is 0 Å². The van der Waals surface area contributed by atoms with Gasteiger partial charge < -0.3 is 10.2 Å². The number of aryl methyl sites for hydroxylation is 1. The zero-order chi connectivity index (χ0) is 17.6. The van der Waals surface area contributed by atoms with E-state index in [-0.39, 0.29) is 11.9 Å². The van der Waals surface area contributed by atoms with Crippen molar-refractivity contribution in [3.8, 4) is 0 Å². The lowest BCUT2D eigenvalue weighted by Crippen LogP contribution is -2.29. The molecule has 25 heavy (non-hydrogen) atoms. The number of hydrogen-bond donors (Lipinski definition) is 1. The molecule has 1 heterocycles. The molecular formula is C22H28N2O. The lowest BCUT2D eigenvalue weighted by atomic mass is 10.0. The second kappa shape index (κ2) is 8.19. The minimum atomic E-state index is -0.0164. The highest BCUT2D eigenvalue weighted by Gasteiger charge is 2.14. The van der Waals surface area contributed by atoms with Gasteiger partial charge in [-0.3, -0.25) is 4.79 Å². The molecule has 0 spiro atoms. The fraction of sp³-hybridized carbons (Fsp3) is 0.409. The summed E-state index contributed by atoms with van der Waals surface area (Å²) >= 11 is 0. The Hall–Kier alpha value is -2.29. The van der Waals surface area contributed by atoms with Crippen LogP contribution in [-0.2, 0) is 6.42 Å². The van der Waals surface area contributed by atoms with Gasteiger partial charge in [0.2, 0.25) is 0 Å². The largest absolute Gasteiger partial charge is 0.372 e. The van der Waals surface area contributed by atoms with Gasteiger partial charge in [-0.2, -0.15) is 0 Å². The molecule has 3 rings (SSSR count). The van der Waals surface area contributed by atoms with Crippen molar-refractivity contribution in [3.63, 3.8) is 0 Å². The predicted octanol–water partition coefficient (Wildman–Crippen LogP) is 4.73. The summed E-state index contributed by atoms with van der Waals surface area (Å²) in [5.41, 5.74) is 4.39. The number of amides is 1. The third-order valence-electron chi connectivity index (χ3n) is 5.09. The van der Waals surface area contributed by atoms with Crippen molar-refractivity contribution < 1.29 is 4.79 Å². The Balaban J connectivity index is 1.61. The summed E-state index contributed by atoms with van der Waals surface area (Å²) in [4.78, 5) is 14.9. The Morgan fingerprint density at radius 1 is 1.00 bits per heavy atom. The summed E-state index contributed by atoms with van der Waals surface area (Å²) in [6, 6.07) is 16.5. The molecule has 2 aromatic carbocycles. The zero-order valence-electron chi connectivity index (χ0n) is 15.3. The molecule has 3 nitrogen and oxygen atoms in total. The van der Waals surface area contributed by atoms with Crippen molar-refractivity contribution in [1.82, 2.24) is 5.32 Å². The number of benzene rings is 2. The van der Waals surface area contributed by atoms with E-state index in [2.05, 4.69) is 53.5 Å². The Labute approximate surface area is 151 Å². The first-order chi connectivity index (χ1) is 12.2. The number of hydrogen-bond acceptors (Lipinski definition) is 2. The fourth-order valence-corrected chi connectivity index (χ4v) is 3.38. The van der Waals surface area contributed by atoms with Gasteiger partial charge in [0.05, 0.1) is 6.04 Å². The molecule has 1 atom stereocenters. The summed E-state index contributed by atoms with van der Waals surface area (Å²) in [6.45, 7) is 6.42. The normalized spacial score (nSPS) is 15.7. The van der Waals surface area contributed by atoms with Crippen LogP contribution in [0.3, 0.4) is 0 Å². The van der Waals surface area contributed by atoms with E-state index in [1.54, 1.807) is 0 Å². The van der Waals surface area contributed by atoms with E-state index in [1.807, 2.05) is 19.1 Å². The number of rotatable bonds is 5. The number of nitrogens with zero attached hydrogens (tertiary/aromatic N) is 1. The lowest BCUT2D eigenvalue weighted by molar-refractivity contribution is 0.0940. The quantitative estimate of drug-likeness (QED) is 0.856. The molecule has 3 heteroatoms. The number of anilines is 1. The maximum atomic E-state index is 12.5. The van der Waals surface area contributed by atoms with Gasteiger partial charge in [0.1, 0.15) is 0 Å². The Morgan fingerprint density at radius 3 is 2.24 bits per heavy atom. The first-order valence-corrected chi connectivity index (χ1v) is 9.42. The van der Waals surface area contributed by atoms with E-state index in [4.69, 9.17) is 0 Å². The highest BCUT2D eigenvalue weighted by Crippen LogP contribution is 2.21. The summed E-state index contributed by atoms with van der Waals surface area (Å²) in [5, 5.41) is 3.10. The molecule has 0 radical (unpaired) electrons. The molecule has 0 aliphatic carbocycles. The topological polar surface area (TPSA) is 32.3 Å². The van der Waals surface area contributed by atoms with Crippen molar-refractivity contribution >= 4 is 11.6 Å². The van der Waals surface area contributed by atoms with Crippen LogP contribution in [0.5, 0.6) is 0 Å². The predicted molar refractivity (Wildman–Crippen MR) is 104 cm³/mol. The van der Waals surface area contributed by atoms with Crippen LogP contribution in [0.4, 0.5) is 5.69 Å². The molecule has 2 aromatic rings. The maximum absolute atomic E-state index is 12.5. The van der Waals surface area contributed by atoms with Crippen molar-refractivity contribution in [1.29, 1.82) is 0 Å². The van der Waals surface area contributed by atoms with Crippen LogP contribution in [0.15, 0.2) is 48.5 Å². The van der Waals surface area contributed by atoms with Crippen molar-refractivity contribution in [2.75, 3.05) is 18.0 Å². The Bertz CT molecular complexity index is 685. The smallest absolute Gasteiger partial charge is 0.251 e. The molecule has 1 saturated heterocycles. The SMILES string of the molecule is CCc1ccc([C@H](C)NC(=O)c2ccc(N3CCCCC3)cc2)cc1. The van der Waals surface area contributed by atoms with Gasteiger partial charge in [-0.1, -0.05) is 31.2 Å². The van der Waals surface area contributed by atoms with Gasteiger partial charge in [0, 0.05) is 24.3 Å². The molecule has 1 aliphatic heterocycles. The van der Waals surface area contributed by atoms with Gasteiger partial charge in [0.15, 0.2) is 0 Å². The summed E-state index contributed by atoms with van der Waals surface area (Å²) in [7, 11) is 0. The van der Waals surface area contributed by atoms with Gasteiger partial charge >= 0.3 is 0 Å². The van der Waals surface area contributed by atoms with E-state index >= 15 is 0 Å². The van der Waals surface area contributed by atoms with Crippen LogP contribution in [0.25, 0.3) is 0 Å². The lowest BCUT2D eigenvalue weighted by Gasteiger charge is -2.28. The van der Waals surface area contributed by atoms with Crippen LogP contribution in [0.2, 0.25) is 0 Å². The number of carbonyl (C=O) groups excluding carboxylic acids is 1. The monoisotopic (exact) mass is 336 g/mol. The first-order valence-electron chi connectivity index (χ1n) is 9.42. The molecule has 0 saturated carbocycles. The molecule has 1 aliphatic rings. The minimum Gasteiger partial charge on any atom is -0.372 e. The fourth-order valence-electron chi connectivity index (χ4n) is 3.38. The van der Waals surface area contributed by atoms with Gasteiger partial charge in [-0.25, -0.2) is 0 Å². The minimum absolute atomic E-state index is 0.000164. The standard InChI is InChI=1S/C22H28N2O/c1-3-18-7-9-19(10-8-18)17(2)23-22(25)20-11-13-21(14-12-20)24-15-5-4-6-16-24/h7-14,17H,3-6,15-16H2,1-2H3,(H,23,25)/t17-/m0/s1. The van der Waals surface area contributed by atoms with Crippen LogP contribution in [0, 0.1) is 0 Å². The average Bonchev–Trinajstić information content (AvgIpc) is 2.68. The van der Waals surface area contributed by atoms with Gasteiger partial charge in [0.25, 0.3) is 5.91 Å². The molecule has 1 fully saturated rings. The molecule has 1 N–H and O–H groups in total.